The van der Waals surface area contributed by atoms with Gasteiger partial charge in [-0.15, -0.1) is 10.2 Å². The molecule has 4 rings (SSSR count). The number of rotatable bonds is 5. The van der Waals surface area contributed by atoms with Crippen molar-refractivity contribution in [1.29, 1.82) is 0 Å². The summed E-state index contributed by atoms with van der Waals surface area (Å²) in [4.78, 5) is 2.34. The lowest BCUT2D eigenvalue weighted by Gasteiger charge is -2.26. The van der Waals surface area contributed by atoms with Gasteiger partial charge in [-0.1, -0.05) is 6.07 Å². The third-order valence-electron chi connectivity index (χ3n) is 4.69. The van der Waals surface area contributed by atoms with Gasteiger partial charge in [0.25, 0.3) is 0 Å². The molecule has 0 bridgehead atoms. The average molecular weight is 330 g/mol. The fourth-order valence-corrected chi connectivity index (χ4v) is 3.57. The number of anilines is 1. The molecule has 2 aliphatic rings. The molecule has 1 saturated heterocycles. The van der Waals surface area contributed by atoms with Gasteiger partial charge >= 0.3 is 0 Å². The maximum Gasteiger partial charge on any atom is 0.231 e. The smallest absolute Gasteiger partial charge is 0.231 e. The van der Waals surface area contributed by atoms with Crippen LogP contribution in [0.5, 0.6) is 11.5 Å². The van der Waals surface area contributed by atoms with Crippen LogP contribution in [0.1, 0.15) is 37.2 Å². The molecule has 2 aromatic rings. The summed E-state index contributed by atoms with van der Waals surface area (Å²) >= 11 is 0. The van der Waals surface area contributed by atoms with Crippen molar-refractivity contribution < 1.29 is 14.2 Å². The highest BCUT2D eigenvalue weighted by Crippen LogP contribution is 2.40. The van der Waals surface area contributed by atoms with E-state index in [0.717, 1.165) is 49.2 Å². The van der Waals surface area contributed by atoms with Gasteiger partial charge in [-0.25, -0.2) is 0 Å². The van der Waals surface area contributed by atoms with Crippen LogP contribution in [0.4, 0.5) is 5.95 Å². The summed E-state index contributed by atoms with van der Waals surface area (Å²) in [5, 5.41) is 8.75. The van der Waals surface area contributed by atoms with Crippen molar-refractivity contribution in [3.05, 3.63) is 29.6 Å². The van der Waals surface area contributed by atoms with E-state index >= 15 is 0 Å². The Labute approximate surface area is 141 Å². The van der Waals surface area contributed by atoms with Crippen molar-refractivity contribution in [2.45, 2.75) is 39.0 Å². The molecule has 1 aromatic carbocycles. The van der Waals surface area contributed by atoms with E-state index in [-0.39, 0.29) is 6.04 Å². The number of nitrogens with zero attached hydrogens (tertiary/aromatic N) is 4. The Balaban J connectivity index is 1.66. The minimum absolute atomic E-state index is 0.282. The van der Waals surface area contributed by atoms with E-state index in [9.17, 15) is 0 Å². The normalized spacial score (nSPS) is 19.2. The van der Waals surface area contributed by atoms with Crippen LogP contribution in [-0.2, 0) is 17.9 Å². The van der Waals surface area contributed by atoms with E-state index < -0.39 is 0 Å². The van der Waals surface area contributed by atoms with Gasteiger partial charge in [0.2, 0.25) is 12.7 Å². The van der Waals surface area contributed by atoms with Gasteiger partial charge in [-0.05, 0) is 37.5 Å². The molecule has 1 atom stereocenters. The van der Waals surface area contributed by atoms with Crippen molar-refractivity contribution in [3.63, 3.8) is 0 Å². The molecule has 1 aromatic heterocycles. The Morgan fingerprint density at radius 3 is 2.96 bits per heavy atom. The predicted molar refractivity (Wildman–Crippen MR) is 88.3 cm³/mol. The molecule has 128 valence electrons. The Morgan fingerprint density at radius 1 is 1.25 bits per heavy atom. The van der Waals surface area contributed by atoms with Gasteiger partial charge in [0.05, 0.1) is 6.04 Å². The molecule has 0 amide bonds. The first kappa shape index (κ1) is 15.3. The fraction of sp³-hybridized carbons (Fsp3) is 0.529. The molecular formula is C17H22N4O3. The van der Waals surface area contributed by atoms with Crippen molar-refractivity contribution >= 4 is 5.95 Å². The highest BCUT2D eigenvalue weighted by atomic mass is 16.7. The summed E-state index contributed by atoms with van der Waals surface area (Å²) in [6.45, 7) is 4.69. The molecule has 7 heteroatoms. The summed E-state index contributed by atoms with van der Waals surface area (Å²) in [5.74, 6) is 3.44. The van der Waals surface area contributed by atoms with Gasteiger partial charge in [-0.3, -0.25) is 4.57 Å². The first-order chi connectivity index (χ1) is 11.8. The van der Waals surface area contributed by atoms with E-state index in [0.29, 0.717) is 13.4 Å². The fourth-order valence-electron chi connectivity index (χ4n) is 3.57. The van der Waals surface area contributed by atoms with Gasteiger partial charge in [0.15, 0.2) is 17.3 Å². The second kappa shape index (κ2) is 6.32. The van der Waals surface area contributed by atoms with E-state index in [1.165, 1.54) is 5.56 Å². The molecule has 2 aliphatic heterocycles. The van der Waals surface area contributed by atoms with Crippen LogP contribution in [0.15, 0.2) is 18.2 Å². The molecule has 0 N–H and O–H groups in total. The maximum absolute atomic E-state index is 5.53. The number of hydrogen-bond donors (Lipinski definition) is 0. The summed E-state index contributed by atoms with van der Waals surface area (Å²) in [6, 6.07) is 6.49. The maximum atomic E-state index is 5.53. The Bertz CT molecular complexity index is 731. The van der Waals surface area contributed by atoms with E-state index in [1.807, 2.05) is 6.07 Å². The zero-order valence-corrected chi connectivity index (χ0v) is 14.1. The molecule has 0 aliphatic carbocycles. The highest BCUT2D eigenvalue weighted by Gasteiger charge is 2.31. The van der Waals surface area contributed by atoms with Crippen molar-refractivity contribution in [1.82, 2.24) is 14.8 Å². The van der Waals surface area contributed by atoms with Crippen molar-refractivity contribution in [2.24, 2.45) is 0 Å². The molecule has 0 spiro atoms. The first-order valence-electron chi connectivity index (χ1n) is 8.39. The molecule has 7 nitrogen and oxygen atoms in total. The molecule has 3 heterocycles. The largest absolute Gasteiger partial charge is 0.454 e. The summed E-state index contributed by atoms with van der Waals surface area (Å²) in [7, 11) is 1.68. The summed E-state index contributed by atoms with van der Waals surface area (Å²) in [6.07, 6.45) is 2.23. The Morgan fingerprint density at radius 2 is 2.12 bits per heavy atom. The lowest BCUT2D eigenvalue weighted by atomic mass is 10.0. The molecule has 0 saturated carbocycles. The first-order valence-corrected chi connectivity index (χ1v) is 8.39. The van der Waals surface area contributed by atoms with Gasteiger partial charge in [-0.2, -0.15) is 0 Å². The van der Waals surface area contributed by atoms with Crippen LogP contribution in [0.25, 0.3) is 0 Å². The standard InChI is InChI=1S/C17H22N4O3/c1-3-20-16(10-22-2)18-19-17(20)21-8-4-5-13(21)12-6-7-14-15(9-12)24-11-23-14/h6-7,9,13H,3-5,8,10-11H2,1-2H3. The SMILES string of the molecule is CCn1c(COC)nnc1N1CCCC1c1ccc2c(c1)OCO2. The number of methoxy groups -OCH3 is 1. The molecule has 24 heavy (non-hydrogen) atoms. The second-order valence-electron chi connectivity index (χ2n) is 6.06. The van der Waals surface area contributed by atoms with E-state index in [1.54, 1.807) is 7.11 Å². The third kappa shape index (κ3) is 2.49. The van der Waals surface area contributed by atoms with Gasteiger partial charge < -0.3 is 19.1 Å². The summed E-state index contributed by atoms with van der Waals surface area (Å²) < 4.78 is 18.3. The summed E-state index contributed by atoms with van der Waals surface area (Å²) in [5.41, 5.74) is 1.23. The molecular weight excluding hydrogens is 308 g/mol. The zero-order valence-electron chi connectivity index (χ0n) is 14.1. The zero-order chi connectivity index (χ0) is 16.5. The Kier molecular flexibility index (Phi) is 4.02. The third-order valence-corrected chi connectivity index (χ3v) is 4.69. The highest BCUT2D eigenvalue weighted by molar-refractivity contribution is 5.48. The number of hydrogen-bond acceptors (Lipinski definition) is 6. The quantitative estimate of drug-likeness (QED) is 0.839. The lowest BCUT2D eigenvalue weighted by molar-refractivity contribution is 0.174. The lowest BCUT2D eigenvalue weighted by Crippen LogP contribution is -2.26. The number of ether oxygens (including phenoxy) is 3. The topological polar surface area (TPSA) is 61.6 Å². The van der Waals surface area contributed by atoms with Crippen LogP contribution in [-0.4, -0.2) is 35.2 Å². The number of aromatic nitrogens is 3. The molecule has 1 unspecified atom stereocenters. The molecule has 0 radical (unpaired) electrons. The average Bonchev–Trinajstić information content (AvgIpc) is 3.32. The van der Waals surface area contributed by atoms with Crippen molar-refractivity contribution in [2.75, 3.05) is 25.3 Å². The Hall–Kier alpha value is -2.28. The number of benzene rings is 1. The van der Waals surface area contributed by atoms with Crippen LogP contribution < -0.4 is 14.4 Å². The monoisotopic (exact) mass is 330 g/mol. The minimum atomic E-state index is 0.282. The van der Waals surface area contributed by atoms with E-state index in [4.69, 9.17) is 14.2 Å². The van der Waals surface area contributed by atoms with Gasteiger partial charge in [0, 0.05) is 20.2 Å². The van der Waals surface area contributed by atoms with E-state index in [2.05, 4.69) is 38.7 Å². The van der Waals surface area contributed by atoms with Crippen LogP contribution >= 0.6 is 0 Å². The van der Waals surface area contributed by atoms with Crippen LogP contribution in [0.2, 0.25) is 0 Å². The minimum Gasteiger partial charge on any atom is -0.454 e. The second-order valence-corrected chi connectivity index (χ2v) is 6.06. The van der Waals surface area contributed by atoms with Crippen LogP contribution in [0, 0.1) is 0 Å². The van der Waals surface area contributed by atoms with Crippen LogP contribution in [0.3, 0.4) is 0 Å². The van der Waals surface area contributed by atoms with Crippen molar-refractivity contribution in [3.8, 4) is 11.5 Å². The van der Waals surface area contributed by atoms with Gasteiger partial charge in [0.1, 0.15) is 6.61 Å². The number of fused-ring (bicyclic) bond motifs is 1. The molecule has 1 fully saturated rings. The predicted octanol–water partition coefficient (Wildman–Crippen LogP) is 2.51.